The molecule has 0 radical (unpaired) electrons. The molecule has 5 heteroatoms. The van der Waals surface area contributed by atoms with Crippen LogP contribution in [0.4, 0.5) is 11.4 Å². The second kappa shape index (κ2) is 6.93. The molecule has 0 aliphatic carbocycles. The largest absolute Gasteiger partial charge is 0.454 e. The van der Waals surface area contributed by atoms with E-state index in [0.29, 0.717) is 17.1 Å². The van der Waals surface area contributed by atoms with Crippen molar-refractivity contribution in [2.75, 3.05) is 23.6 Å². The zero-order chi connectivity index (χ0) is 18.9. The van der Waals surface area contributed by atoms with Gasteiger partial charge >= 0.3 is 0 Å². The Labute approximate surface area is 163 Å². The monoisotopic (exact) mass is 372 g/mol. The fourth-order valence-corrected chi connectivity index (χ4v) is 3.86. The van der Waals surface area contributed by atoms with Gasteiger partial charge in [-0.05, 0) is 41.8 Å². The maximum Gasteiger partial charge on any atom is 0.259 e. The maximum atomic E-state index is 12.9. The van der Waals surface area contributed by atoms with Gasteiger partial charge in [-0.25, -0.2) is 0 Å². The zero-order valence-electron chi connectivity index (χ0n) is 15.4. The van der Waals surface area contributed by atoms with Gasteiger partial charge < -0.3 is 19.7 Å². The Bertz CT molecular complexity index is 1050. The smallest absolute Gasteiger partial charge is 0.259 e. The molecular weight excluding hydrogens is 352 g/mol. The zero-order valence-corrected chi connectivity index (χ0v) is 15.4. The fraction of sp³-hybridized carbons (Fsp3) is 0.174. The Hall–Kier alpha value is -3.47. The Morgan fingerprint density at radius 3 is 2.79 bits per heavy atom. The molecule has 3 aromatic rings. The van der Waals surface area contributed by atoms with Gasteiger partial charge in [-0.1, -0.05) is 42.5 Å². The number of rotatable bonds is 4. The summed E-state index contributed by atoms with van der Waals surface area (Å²) in [6, 6.07) is 21.8. The van der Waals surface area contributed by atoms with Crippen LogP contribution < -0.4 is 19.7 Å². The quantitative estimate of drug-likeness (QED) is 0.745. The van der Waals surface area contributed by atoms with Crippen LogP contribution in [0.15, 0.2) is 66.7 Å². The number of hydrogen-bond acceptors (Lipinski definition) is 4. The SMILES string of the molecule is O=C(Nc1ccccc1CN1CCc2ccccc21)c1cccc2c1OCO2. The standard InChI is InChI=1S/C23H20N2O3/c26-23(18-8-5-11-21-22(18)28-15-27-21)24-19-9-3-1-7-17(19)14-25-13-12-16-6-2-4-10-20(16)25/h1-11H,12-15H2,(H,24,26). The van der Waals surface area contributed by atoms with E-state index in [4.69, 9.17) is 9.47 Å². The summed E-state index contributed by atoms with van der Waals surface area (Å²) in [6.07, 6.45) is 1.05. The summed E-state index contributed by atoms with van der Waals surface area (Å²) in [5.41, 5.74) is 5.03. The molecule has 0 fully saturated rings. The summed E-state index contributed by atoms with van der Waals surface area (Å²) in [7, 11) is 0. The number of anilines is 2. The van der Waals surface area contributed by atoms with Crippen LogP contribution in [-0.4, -0.2) is 19.2 Å². The van der Waals surface area contributed by atoms with Gasteiger partial charge in [0.05, 0.1) is 5.56 Å². The van der Waals surface area contributed by atoms with Gasteiger partial charge in [0.15, 0.2) is 11.5 Å². The predicted octanol–water partition coefficient (Wildman–Crippen LogP) is 4.23. The molecule has 2 aliphatic rings. The lowest BCUT2D eigenvalue weighted by atomic mass is 10.1. The van der Waals surface area contributed by atoms with Crippen molar-refractivity contribution in [2.24, 2.45) is 0 Å². The fourth-order valence-electron chi connectivity index (χ4n) is 3.86. The van der Waals surface area contributed by atoms with E-state index < -0.39 is 0 Å². The van der Waals surface area contributed by atoms with Gasteiger partial charge in [0.25, 0.3) is 5.91 Å². The van der Waals surface area contributed by atoms with Crippen molar-refractivity contribution in [2.45, 2.75) is 13.0 Å². The first kappa shape index (κ1) is 16.7. The normalized spacial score (nSPS) is 14.1. The second-order valence-corrected chi connectivity index (χ2v) is 6.95. The molecule has 1 N–H and O–H groups in total. The van der Waals surface area contributed by atoms with Gasteiger partial charge in [-0.2, -0.15) is 0 Å². The highest BCUT2D eigenvalue weighted by Gasteiger charge is 2.23. The molecular formula is C23H20N2O3. The minimum absolute atomic E-state index is 0.143. The molecule has 2 heterocycles. The van der Waals surface area contributed by atoms with Crippen molar-refractivity contribution in [1.82, 2.24) is 0 Å². The van der Waals surface area contributed by atoms with E-state index in [1.165, 1.54) is 11.3 Å². The van der Waals surface area contributed by atoms with E-state index in [2.05, 4.69) is 40.5 Å². The van der Waals surface area contributed by atoms with Crippen molar-refractivity contribution in [3.63, 3.8) is 0 Å². The van der Waals surface area contributed by atoms with Gasteiger partial charge in [0, 0.05) is 24.5 Å². The van der Waals surface area contributed by atoms with Crippen LogP contribution in [0.5, 0.6) is 11.5 Å². The number of para-hydroxylation sites is 3. The third-order valence-electron chi connectivity index (χ3n) is 5.25. The van der Waals surface area contributed by atoms with E-state index in [1.54, 1.807) is 18.2 Å². The number of amides is 1. The molecule has 0 atom stereocenters. The first-order chi connectivity index (χ1) is 13.8. The molecule has 0 saturated carbocycles. The second-order valence-electron chi connectivity index (χ2n) is 6.95. The van der Waals surface area contributed by atoms with Crippen molar-refractivity contribution < 1.29 is 14.3 Å². The Morgan fingerprint density at radius 2 is 1.82 bits per heavy atom. The van der Waals surface area contributed by atoms with Crippen LogP contribution in [-0.2, 0) is 13.0 Å². The molecule has 140 valence electrons. The van der Waals surface area contributed by atoms with Crippen LogP contribution in [0.25, 0.3) is 0 Å². The van der Waals surface area contributed by atoms with Crippen molar-refractivity contribution in [1.29, 1.82) is 0 Å². The molecule has 1 amide bonds. The molecule has 2 aliphatic heterocycles. The lowest BCUT2D eigenvalue weighted by Gasteiger charge is -2.21. The number of fused-ring (bicyclic) bond motifs is 2. The maximum absolute atomic E-state index is 12.9. The van der Waals surface area contributed by atoms with Crippen LogP contribution in [0, 0.1) is 0 Å². The number of ether oxygens (including phenoxy) is 2. The molecule has 0 bridgehead atoms. The molecule has 28 heavy (non-hydrogen) atoms. The van der Waals surface area contributed by atoms with Gasteiger partial charge in [-0.15, -0.1) is 0 Å². The average Bonchev–Trinajstić information content (AvgIpc) is 3.36. The van der Waals surface area contributed by atoms with Crippen LogP contribution in [0.2, 0.25) is 0 Å². The molecule has 0 aromatic heterocycles. The van der Waals surface area contributed by atoms with Gasteiger partial charge in [0.2, 0.25) is 6.79 Å². The summed E-state index contributed by atoms with van der Waals surface area (Å²) >= 11 is 0. The lowest BCUT2D eigenvalue weighted by molar-refractivity contribution is 0.102. The van der Waals surface area contributed by atoms with Crippen molar-refractivity contribution in [3.05, 3.63) is 83.4 Å². The molecule has 5 rings (SSSR count). The topological polar surface area (TPSA) is 50.8 Å². The number of nitrogens with zero attached hydrogens (tertiary/aromatic N) is 1. The van der Waals surface area contributed by atoms with Gasteiger partial charge in [-0.3, -0.25) is 4.79 Å². The first-order valence-corrected chi connectivity index (χ1v) is 9.40. The summed E-state index contributed by atoms with van der Waals surface area (Å²) in [5, 5.41) is 3.05. The van der Waals surface area contributed by atoms with Gasteiger partial charge in [0.1, 0.15) is 0 Å². The summed E-state index contributed by atoms with van der Waals surface area (Å²) in [4.78, 5) is 15.3. The summed E-state index contributed by atoms with van der Waals surface area (Å²) < 4.78 is 10.9. The number of benzene rings is 3. The third-order valence-corrected chi connectivity index (χ3v) is 5.25. The van der Waals surface area contributed by atoms with E-state index in [1.807, 2.05) is 18.2 Å². The van der Waals surface area contributed by atoms with Crippen LogP contribution in [0.3, 0.4) is 0 Å². The first-order valence-electron chi connectivity index (χ1n) is 9.40. The lowest BCUT2D eigenvalue weighted by Crippen LogP contribution is -2.21. The van der Waals surface area contributed by atoms with Crippen molar-refractivity contribution >= 4 is 17.3 Å². The minimum atomic E-state index is -0.198. The highest BCUT2D eigenvalue weighted by molar-refractivity contribution is 6.07. The Morgan fingerprint density at radius 1 is 0.964 bits per heavy atom. The number of carbonyl (C=O) groups is 1. The van der Waals surface area contributed by atoms with Crippen LogP contribution in [0.1, 0.15) is 21.5 Å². The highest BCUT2D eigenvalue weighted by atomic mass is 16.7. The predicted molar refractivity (Wildman–Crippen MR) is 108 cm³/mol. The minimum Gasteiger partial charge on any atom is -0.454 e. The number of hydrogen-bond donors (Lipinski definition) is 1. The number of nitrogens with one attached hydrogen (secondary N) is 1. The molecule has 3 aromatic carbocycles. The number of carbonyl (C=O) groups excluding carboxylic acids is 1. The average molecular weight is 372 g/mol. The Kier molecular flexibility index (Phi) is 4.13. The summed E-state index contributed by atoms with van der Waals surface area (Å²) in [5.74, 6) is 0.914. The summed E-state index contributed by atoms with van der Waals surface area (Å²) in [6.45, 7) is 1.88. The van der Waals surface area contributed by atoms with E-state index >= 15 is 0 Å². The van der Waals surface area contributed by atoms with E-state index in [-0.39, 0.29) is 12.7 Å². The van der Waals surface area contributed by atoms with Crippen molar-refractivity contribution in [3.8, 4) is 11.5 Å². The molecule has 0 unspecified atom stereocenters. The highest BCUT2D eigenvalue weighted by Crippen LogP contribution is 2.36. The third kappa shape index (κ3) is 2.95. The molecule has 5 nitrogen and oxygen atoms in total. The Balaban J connectivity index is 1.39. The molecule has 0 saturated heterocycles. The van der Waals surface area contributed by atoms with E-state index in [9.17, 15) is 4.79 Å². The molecule has 0 spiro atoms. The van der Waals surface area contributed by atoms with Crippen LogP contribution >= 0.6 is 0 Å². The van der Waals surface area contributed by atoms with E-state index in [0.717, 1.165) is 30.8 Å².